The fourth-order valence-corrected chi connectivity index (χ4v) is 6.72. The monoisotopic (exact) mass is 689 g/mol. The highest BCUT2D eigenvalue weighted by atomic mass is 79.9. The highest BCUT2D eigenvalue weighted by Gasteiger charge is 2.37. The summed E-state index contributed by atoms with van der Waals surface area (Å²) in [5, 5.41) is 7.36. The molecule has 3 heterocycles. The van der Waals surface area contributed by atoms with Gasteiger partial charge in [0, 0.05) is 30.6 Å². The zero-order valence-corrected chi connectivity index (χ0v) is 26.4. The number of nitrogens with zero attached hydrogens (tertiary/aromatic N) is 3. The highest BCUT2D eigenvalue weighted by Crippen LogP contribution is 2.36. The Kier molecular flexibility index (Phi) is 9.06. The van der Waals surface area contributed by atoms with E-state index in [-0.39, 0.29) is 24.7 Å². The molecule has 6 rings (SSSR count). The summed E-state index contributed by atoms with van der Waals surface area (Å²) in [4.78, 5) is 13.8. The minimum Gasteiger partial charge on any atom is -0.488 e. The zero-order chi connectivity index (χ0) is 31.3. The molecule has 0 spiro atoms. The summed E-state index contributed by atoms with van der Waals surface area (Å²) in [6.07, 6.45) is 7.27. The zero-order valence-electron chi connectivity index (χ0n) is 24.0. The third-order valence-corrected chi connectivity index (χ3v) is 9.72. The van der Waals surface area contributed by atoms with Gasteiger partial charge in [-0.05, 0) is 76.1 Å². The molecular weight excluding hydrogens is 661 g/mol. The van der Waals surface area contributed by atoms with Gasteiger partial charge in [-0.3, -0.25) is 4.98 Å². The molecule has 0 saturated heterocycles. The van der Waals surface area contributed by atoms with Crippen LogP contribution in [0.4, 0.5) is 15.9 Å². The Morgan fingerprint density at radius 1 is 1.00 bits per heavy atom. The predicted octanol–water partition coefficient (Wildman–Crippen LogP) is 6.44. The van der Waals surface area contributed by atoms with Crippen molar-refractivity contribution in [2.45, 2.75) is 23.5 Å². The van der Waals surface area contributed by atoms with Gasteiger partial charge in [0.15, 0.2) is 15.4 Å². The van der Waals surface area contributed by atoms with Crippen molar-refractivity contribution < 1.29 is 22.3 Å². The van der Waals surface area contributed by atoms with Crippen LogP contribution in [0, 0.1) is 5.82 Å². The van der Waals surface area contributed by atoms with Gasteiger partial charge in [-0.2, -0.15) is 0 Å². The molecule has 2 N–H and O–H groups in total. The average molecular weight is 691 g/mol. The first-order chi connectivity index (χ1) is 21.8. The third-order valence-electron chi connectivity index (χ3n) is 7.36. The fourth-order valence-electron chi connectivity index (χ4n) is 5.00. The number of ether oxygens (including phenoxy) is 2. The maximum Gasteiger partial charge on any atom is 0.179 e. The van der Waals surface area contributed by atoms with Crippen molar-refractivity contribution in [2.75, 3.05) is 24.2 Å². The lowest BCUT2D eigenvalue weighted by atomic mass is 9.94. The van der Waals surface area contributed by atoms with Gasteiger partial charge in [0.05, 0.1) is 38.8 Å². The Morgan fingerprint density at radius 3 is 2.64 bits per heavy atom. The maximum absolute atomic E-state index is 13.5. The number of nitrogens with one attached hydrogen (secondary N) is 2. The van der Waals surface area contributed by atoms with Crippen molar-refractivity contribution in [3.8, 4) is 5.75 Å². The largest absolute Gasteiger partial charge is 0.488 e. The van der Waals surface area contributed by atoms with Gasteiger partial charge in [0.2, 0.25) is 0 Å². The van der Waals surface area contributed by atoms with Crippen molar-refractivity contribution in [1.82, 2.24) is 20.3 Å². The van der Waals surface area contributed by atoms with Crippen LogP contribution >= 0.6 is 15.9 Å². The van der Waals surface area contributed by atoms with Crippen molar-refractivity contribution in [2.24, 2.45) is 0 Å². The van der Waals surface area contributed by atoms with Gasteiger partial charge < -0.3 is 20.1 Å². The van der Waals surface area contributed by atoms with Crippen molar-refractivity contribution in [3.05, 3.63) is 125 Å². The summed E-state index contributed by atoms with van der Waals surface area (Å²) >= 11 is 3.57. The Labute approximate surface area is 268 Å². The van der Waals surface area contributed by atoms with Gasteiger partial charge in [0.25, 0.3) is 0 Å². The number of hydrogen-bond acceptors (Lipinski definition) is 9. The van der Waals surface area contributed by atoms with E-state index in [0.29, 0.717) is 45.1 Å². The van der Waals surface area contributed by atoms with E-state index < -0.39 is 15.4 Å². The number of halogens is 2. The smallest absolute Gasteiger partial charge is 0.179 e. The first kappa shape index (κ1) is 30.6. The first-order valence-electron chi connectivity index (χ1n) is 14.2. The Bertz CT molecular complexity index is 1950. The van der Waals surface area contributed by atoms with Crippen LogP contribution in [0.25, 0.3) is 10.9 Å². The van der Waals surface area contributed by atoms with Crippen LogP contribution in [-0.2, 0) is 26.8 Å². The molecule has 0 radical (unpaired) electrons. The average Bonchev–Trinajstić information content (AvgIpc) is 3.53. The van der Waals surface area contributed by atoms with Crippen molar-refractivity contribution in [1.29, 1.82) is 0 Å². The van der Waals surface area contributed by atoms with Gasteiger partial charge in [-0.15, -0.1) is 0 Å². The molecule has 0 aliphatic carbocycles. The molecule has 1 atom stereocenters. The molecule has 9 nitrogen and oxygen atoms in total. The van der Waals surface area contributed by atoms with E-state index in [4.69, 9.17) is 9.47 Å². The standard InChI is InChI=1S/C33H29BrFN5O4S/c34-28-17-25(10-11-30(28)43-20-23-6-4-7-24(35)16-23)40-32-27-18-31(37-19-29(27)38-22-39-32)33(12-5-14-44-33)21-36-13-15-45(41,42)26-8-2-1-3-9-26/h1-11,14,16-19,22,36H,12-13,15,20-21H2,(H,38,39,40). The van der Waals surface area contributed by atoms with Gasteiger partial charge in [-0.25, -0.2) is 22.8 Å². The van der Waals surface area contributed by atoms with Crippen LogP contribution in [-0.4, -0.2) is 42.2 Å². The van der Waals surface area contributed by atoms with E-state index in [1.54, 1.807) is 54.9 Å². The molecular formula is C33H29BrFN5O4S. The normalized spacial score (nSPS) is 16.0. The Hall–Kier alpha value is -4.39. The summed E-state index contributed by atoms with van der Waals surface area (Å²) in [6, 6.07) is 22.2. The van der Waals surface area contributed by atoms with Crippen molar-refractivity contribution >= 4 is 48.2 Å². The number of hydrogen-bond donors (Lipinski definition) is 2. The summed E-state index contributed by atoms with van der Waals surface area (Å²) in [5.41, 5.74) is 1.98. The number of anilines is 2. The summed E-state index contributed by atoms with van der Waals surface area (Å²) in [6.45, 7) is 0.831. The molecule has 12 heteroatoms. The lowest BCUT2D eigenvalue weighted by Gasteiger charge is -2.29. The van der Waals surface area contributed by atoms with Crippen LogP contribution < -0.4 is 15.4 Å². The maximum atomic E-state index is 13.5. The second-order valence-electron chi connectivity index (χ2n) is 10.5. The van der Waals surface area contributed by atoms with E-state index in [2.05, 4.69) is 41.5 Å². The van der Waals surface area contributed by atoms with E-state index in [1.807, 2.05) is 30.3 Å². The number of rotatable bonds is 12. The minimum atomic E-state index is -3.41. The lowest BCUT2D eigenvalue weighted by Crippen LogP contribution is -2.40. The quantitative estimate of drug-likeness (QED) is 0.143. The predicted molar refractivity (Wildman–Crippen MR) is 173 cm³/mol. The van der Waals surface area contributed by atoms with Crippen LogP contribution in [0.2, 0.25) is 0 Å². The SMILES string of the molecule is O=S(=O)(CCNCC1(c2cc3c(Nc4ccc(OCc5cccc(F)c5)c(Br)c4)ncnc3cn2)CC=CO1)c1ccccc1. The first-order valence-corrected chi connectivity index (χ1v) is 16.6. The second-order valence-corrected chi connectivity index (χ2v) is 13.5. The summed E-state index contributed by atoms with van der Waals surface area (Å²) < 4.78 is 51.6. The van der Waals surface area contributed by atoms with Crippen LogP contribution in [0.3, 0.4) is 0 Å². The molecule has 1 unspecified atom stereocenters. The van der Waals surface area contributed by atoms with Gasteiger partial charge >= 0.3 is 0 Å². The molecule has 0 saturated carbocycles. The number of benzene rings is 3. The van der Waals surface area contributed by atoms with Gasteiger partial charge in [0.1, 0.15) is 30.3 Å². The number of aromatic nitrogens is 3. The number of pyridine rings is 1. The van der Waals surface area contributed by atoms with Crippen LogP contribution in [0.5, 0.6) is 5.75 Å². The van der Waals surface area contributed by atoms with E-state index in [1.165, 1.54) is 18.5 Å². The van der Waals surface area contributed by atoms with E-state index >= 15 is 0 Å². The second kappa shape index (κ2) is 13.3. The summed E-state index contributed by atoms with van der Waals surface area (Å²) in [5.74, 6) is 0.836. The van der Waals surface area contributed by atoms with Gasteiger partial charge in [-0.1, -0.05) is 30.3 Å². The van der Waals surface area contributed by atoms with Crippen LogP contribution in [0.15, 0.2) is 113 Å². The molecule has 3 aromatic carbocycles. The van der Waals surface area contributed by atoms with Crippen LogP contribution in [0.1, 0.15) is 17.7 Å². The topological polar surface area (TPSA) is 115 Å². The molecule has 0 amide bonds. The molecule has 5 aromatic rings. The number of fused-ring (bicyclic) bond motifs is 1. The molecule has 230 valence electrons. The van der Waals surface area contributed by atoms with E-state index in [0.717, 1.165) is 16.6 Å². The summed E-state index contributed by atoms with van der Waals surface area (Å²) in [7, 11) is -3.41. The Balaban J connectivity index is 1.17. The minimum absolute atomic E-state index is 0.0439. The fraction of sp³-hybridized carbons (Fsp3) is 0.182. The van der Waals surface area contributed by atoms with E-state index in [9.17, 15) is 12.8 Å². The molecule has 0 fully saturated rings. The highest BCUT2D eigenvalue weighted by molar-refractivity contribution is 9.10. The molecule has 1 aliphatic rings. The molecule has 45 heavy (non-hydrogen) atoms. The Morgan fingerprint density at radius 2 is 1.87 bits per heavy atom. The number of sulfone groups is 1. The molecule has 0 bridgehead atoms. The van der Waals surface area contributed by atoms with Crippen molar-refractivity contribution in [3.63, 3.8) is 0 Å². The molecule has 2 aromatic heterocycles. The third kappa shape index (κ3) is 7.14. The lowest BCUT2D eigenvalue weighted by molar-refractivity contribution is 0.0378. The molecule has 1 aliphatic heterocycles.